The number of aromatic nitrogens is 3. The van der Waals surface area contributed by atoms with Gasteiger partial charge in [0, 0.05) is 12.4 Å². The summed E-state index contributed by atoms with van der Waals surface area (Å²) >= 11 is 5.77. The first-order valence-corrected chi connectivity index (χ1v) is 8.85. The molecule has 0 spiro atoms. The summed E-state index contributed by atoms with van der Waals surface area (Å²) in [5, 5.41) is 12.5. The van der Waals surface area contributed by atoms with E-state index in [9.17, 15) is 17.6 Å². The Labute approximate surface area is 151 Å². The highest BCUT2D eigenvalue weighted by Gasteiger charge is 2.23. The van der Waals surface area contributed by atoms with Crippen LogP contribution in [0, 0.1) is 5.82 Å². The molecule has 26 heavy (non-hydrogen) atoms. The minimum absolute atomic E-state index is 0.109. The molecule has 0 atom stereocenters. The molecule has 2 aromatic heterocycles. The Morgan fingerprint density at radius 3 is 2.65 bits per heavy atom. The number of hydrogen-bond acceptors (Lipinski definition) is 5. The normalized spacial score (nSPS) is 11.3. The lowest BCUT2D eigenvalue weighted by Crippen LogP contribution is -2.15. The lowest BCUT2D eigenvalue weighted by atomic mass is 10.2. The lowest BCUT2D eigenvalue weighted by molar-refractivity contribution is 0.0691. The number of rotatable bonds is 5. The SMILES string of the molecule is O=C(O)c1cc(S(=O)(=O)Nc2ccc(-n3cccn3)nc2)c(Cl)cc1F. The van der Waals surface area contributed by atoms with Gasteiger partial charge in [-0.25, -0.2) is 27.3 Å². The number of carbonyl (C=O) groups is 1. The smallest absolute Gasteiger partial charge is 0.338 e. The maximum absolute atomic E-state index is 13.6. The minimum atomic E-state index is -4.26. The average molecular weight is 397 g/mol. The van der Waals surface area contributed by atoms with E-state index < -0.39 is 37.3 Å². The Morgan fingerprint density at radius 2 is 2.08 bits per heavy atom. The highest BCUT2D eigenvalue weighted by molar-refractivity contribution is 7.92. The minimum Gasteiger partial charge on any atom is -0.478 e. The molecule has 2 N–H and O–H groups in total. The third kappa shape index (κ3) is 3.51. The van der Waals surface area contributed by atoms with Crippen LogP contribution in [0.4, 0.5) is 10.1 Å². The molecule has 0 aliphatic carbocycles. The van der Waals surface area contributed by atoms with Crippen LogP contribution >= 0.6 is 11.6 Å². The standard InChI is InChI=1S/C15H10ClFN4O4S/c16-11-7-12(17)10(15(22)23)6-13(11)26(24,25)20-9-2-3-14(18-8-9)21-5-1-4-19-21/h1-8,20H,(H,22,23). The first-order chi connectivity index (χ1) is 12.3. The molecule has 11 heteroatoms. The Bertz CT molecular complexity index is 1070. The number of nitrogens with one attached hydrogen (secondary N) is 1. The number of carboxylic acids is 1. The van der Waals surface area contributed by atoms with Crippen LogP contribution in [0.25, 0.3) is 5.82 Å². The summed E-state index contributed by atoms with van der Waals surface area (Å²) in [4.78, 5) is 14.5. The summed E-state index contributed by atoms with van der Waals surface area (Å²) in [6, 6.07) is 5.97. The van der Waals surface area contributed by atoms with Gasteiger partial charge in [0.2, 0.25) is 0 Å². The van der Waals surface area contributed by atoms with Gasteiger partial charge in [-0.3, -0.25) is 4.72 Å². The molecule has 0 radical (unpaired) electrons. The number of nitrogens with zero attached hydrogens (tertiary/aromatic N) is 3. The van der Waals surface area contributed by atoms with Gasteiger partial charge in [-0.05, 0) is 30.3 Å². The van der Waals surface area contributed by atoms with E-state index in [0.717, 1.165) is 0 Å². The molecular formula is C15H10ClFN4O4S. The monoisotopic (exact) mass is 396 g/mol. The molecule has 8 nitrogen and oxygen atoms in total. The van der Waals surface area contributed by atoms with Gasteiger partial charge in [0.05, 0.1) is 22.5 Å². The molecular weight excluding hydrogens is 387 g/mol. The van der Waals surface area contributed by atoms with Gasteiger partial charge < -0.3 is 5.11 Å². The van der Waals surface area contributed by atoms with Gasteiger partial charge in [0.15, 0.2) is 5.82 Å². The second-order valence-corrected chi connectivity index (χ2v) is 7.09. The van der Waals surface area contributed by atoms with Crippen molar-refractivity contribution in [2.75, 3.05) is 4.72 Å². The van der Waals surface area contributed by atoms with E-state index in [4.69, 9.17) is 16.7 Å². The molecule has 1 aromatic carbocycles. The van der Waals surface area contributed by atoms with Gasteiger partial charge >= 0.3 is 5.97 Å². The van der Waals surface area contributed by atoms with E-state index in [2.05, 4.69) is 14.8 Å². The fraction of sp³-hybridized carbons (Fsp3) is 0. The van der Waals surface area contributed by atoms with Crippen LogP contribution in [0.15, 0.2) is 53.8 Å². The topological polar surface area (TPSA) is 114 Å². The van der Waals surface area contributed by atoms with Gasteiger partial charge in [0.25, 0.3) is 10.0 Å². The van der Waals surface area contributed by atoms with Crippen LogP contribution in [-0.4, -0.2) is 34.3 Å². The van der Waals surface area contributed by atoms with Crippen molar-refractivity contribution in [2.45, 2.75) is 4.90 Å². The molecule has 3 aromatic rings. The first-order valence-electron chi connectivity index (χ1n) is 6.99. The third-order valence-corrected chi connectivity index (χ3v) is 5.13. The number of carboxylic acid groups (broad SMARTS) is 1. The second kappa shape index (κ2) is 6.73. The summed E-state index contributed by atoms with van der Waals surface area (Å²) in [5.41, 5.74) is -0.694. The van der Waals surface area contributed by atoms with Crippen molar-refractivity contribution in [3.05, 3.63) is 65.3 Å². The van der Waals surface area contributed by atoms with Crippen LogP contribution < -0.4 is 4.72 Å². The summed E-state index contributed by atoms with van der Waals surface area (Å²) in [6.07, 6.45) is 4.48. The predicted octanol–water partition coefficient (Wildman–Crippen LogP) is 2.56. The number of halogens is 2. The van der Waals surface area contributed by atoms with E-state index >= 15 is 0 Å². The Balaban J connectivity index is 1.92. The quantitative estimate of drug-likeness (QED) is 0.685. The fourth-order valence-electron chi connectivity index (χ4n) is 2.10. The zero-order valence-corrected chi connectivity index (χ0v) is 14.4. The van der Waals surface area contributed by atoms with E-state index in [1.165, 1.54) is 23.0 Å². The van der Waals surface area contributed by atoms with E-state index in [-0.39, 0.29) is 5.69 Å². The zero-order valence-electron chi connectivity index (χ0n) is 12.8. The number of benzene rings is 1. The number of anilines is 1. The van der Waals surface area contributed by atoms with E-state index in [1.54, 1.807) is 18.5 Å². The molecule has 3 rings (SSSR count). The van der Waals surface area contributed by atoms with E-state index in [0.29, 0.717) is 18.0 Å². The molecule has 134 valence electrons. The second-order valence-electron chi connectivity index (χ2n) is 5.03. The highest BCUT2D eigenvalue weighted by Crippen LogP contribution is 2.27. The summed E-state index contributed by atoms with van der Waals surface area (Å²) < 4.78 is 42.2. The van der Waals surface area contributed by atoms with Crippen molar-refractivity contribution in [1.29, 1.82) is 0 Å². The molecule has 2 heterocycles. The van der Waals surface area contributed by atoms with Crippen LogP contribution in [0.2, 0.25) is 5.02 Å². The van der Waals surface area contributed by atoms with Crippen molar-refractivity contribution in [2.24, 2.45) is 0 Å². The summed E-state index contributed by atoms with van der Waals surface area (Å²) in [6.45, 7) is 0. The Hall–Kier alpha value is -2.98. The third-order valence-electron chi connectivity index (χ3n) is 3.28. The number of hydrogen-bond donors (Lipinski definition) is 2. The molecule has 0 aliphatic rings. The van der Waals surface area contributed by atoms with Crippen molar-refractivity contribution < 1.29 is 22.7 Å². The van der Waals surface area contributed by atoms with Gasteiger partial charge in [-0.1, -0.05) is 11.6 Å². The first kappa shape index (κ1) is 17.8. The maximum Gasteiger partial charge on any atom is 0.338 e. The van der Waals surface area contributed by atoms with Crippen LogP contribution in [0.1, 0.15) is 10.4 Å². The van der Waals surface area contributed by atoms with Crippen LogP contribution in [0.3, 0.4) is 0 Å². The van der Waals surface area contributed by atoms with Gasteiger partial charge in [-0.15, -0.1) is 0 Å². The Kier molecular flexibility index (Phi) is 4.62. The highest BCUT2D eigenvalue weighted by atomic mass is 35.5. The van der Waals surface area contributed by atoms with Crippen LogP contribution in [0.5, 0.6) is 0 Å². The van der Waals surface area contributed by atoms with Crippen molar-refractivity contribution in [1.82, 2.24) is 14.8 Å². The average Bonchev–Trinajstić information content (AvgIpc) is 3.09. The van der Waals surface area contributed by atoms with Gasteiger partial charge in [0.1, 0.15) is 10.7 Å². The van der Waals surface area contributed by atoms with Crippen LogP contribution in [-0.2, 0) is 10.0 Å². The van der Waals surface area contributed by atoms with E-state index in [1.807, 2.05) is 0 Å². The van der Waals surface area contributed by atoms with Crippen molar-refractivity contribution in [3.8, 4) is 5.82 Å². The molecule has 0 saturated heterocycles. The molecule has 0 unspecified atom stereocenters. The number of aromatic carboxylic acids is 1. The van der Waals surface area contributed by atoms with Crippen molar-refractivity contribution in [3.63, 3.8) is 0 Å². The Morgan fingerprint density at radius 1 is 1.31 bits per heavy atom. The summed E-state index contributed by atoms with van der Waals surface area (Å²) in [5.74, 6) is -2.28. The summed E-state index contributed by atoms with van der Waals surface area (Å²) in [7, 11) is -4.26. The molecule has 0 fully saturated rings. The zero-order chi connectivity index (χ0) is 18.9. The maximum atomic E-state index is 13.6. The van der Waals surface area contributed by atoms with Gasteiger partial charge in [-0.2, -0.15) is 5.10 Å². The lowest BCUT2D eigenvalue weighted by Gasteiger charge is -2.11. The van der Waals surface area contributed by atoms with Crippen molar-refractivity contribution >= 4 is 33.3 Å². The molecule has 0 amide bonds. The largest absolute Gasteiger partial charge is 0.478 e. The molecule has 0 saturated carbocycles. The number of pyridine rings is 1. The molecule has 0 aliphatic heterocycles. The predicted molar refractivity (Wildman–Crippen MR) is 90.5 cm³/mol. The molecule has 0 bridgehead atoms. The number of sulfonamides is 1. The fourth-order valence-corrected chi connectivity index (χ4v) is 3.68.